The van der Waals surface area contributed by atoms with Crippen molar-refractivity contribution in [3.63, 3.8) is 0 Å². The van der Waals surface area contributed by atoms with Crippen molar-refractivity contribution >= 4 is 22.6 Å². The van der Waals surface area contributed by atoms with Crippen LogP contribution in [-0.4, -0.2) is 0 Å². The Morgan fingerprint density at radius 2 is 1.21 bits per heavy atom. The van der Waals surface area contributed by atoms with Gasteiger partial charge in [-0.25, -0.2) is 0 Å². The summed E-state index contributed by atoms with van der Waals surface area (Å²) in [6, 6.07) is 18.3. The van der Waals surface area contributed by atoms with Crippen molar-refractivity contribution in [1.82, 2.24) is 0 Å². The molecule has 0 aliphatic heterocycles. The number of hydrogen-bond acceptors (Lipinski definition) is 0. The molecule has 0 nitrogen and oxygen atoms in total. The molecule has 1 heteroatoms. The van der Waals surface area contributed by atoms with Crippen molar-refractivity contribution in [3.8, 4) is 11.1 Å². The average molecular weight is 484 g/mol. The zero-order chi connectivity index (χ0) is 19.3. The van der Waals surface area contributed by atoms with Crippen molar-refractivity contribution in [2.45, 2.75) is 63.7 Å². The molecule has 2 aliphatic rings. The molecule has 0 aromatic heterocycles. The molecule has 0 amide bonds. The lowest BCUT2D eigenvalue weighted by molar-refractivity contribution is 0.161. The van der Waals surface area contributed by atoms with E-state index in [4.69, 9.17) is 0 Å². The molecular weight excluding hydrogens is 451 g/mol. The van der Waals surface area contributed by atoms with Crippen molar-refractivity contribution in [2.24, 2.45) is 17.8 Å². The predicted molar refractivity (Wildman–Crippen MR) is 130 cm³/mol. The zero-order valence-corrected chi connectivity index (χ0v) is 19.1. The molecule has 0 bridgehead atoms. The third-order valence-electron chi connectivity index (χ3n) is 7.39. The van der Waals surface area contributed by atoms with Crippen LogP contribution in [0.2, 0.25) is 0 Å². The Hall–Kier alpha value is -1.09. The van der Waals surface area contributed by atoms with Gasteiger partial charge in [-0.15, -0.1) is 6.58 Å². The first-order chi connectivity index (χ1) is 13.7. The molecule has 2 aromatic rings. The van der Waals surface area contributed by atoms with Gasteiger partial charge in [0.25, 0.3) is 0 Å². The van der Waals surface area contributed by atoms with Crippen LogP contribution >= 0.6 is 22.6 Å². The minimum absolute atomic E-state index is 0.777. The molecule has 4 rings (SSSR count). The van der Waals surface area contributed by atoms with Crippen LogP contribution in [-0.2, 0) is 0 Å². The van der Waals surface area contributed by atoms with E-state index in [0.29, 0.717) is 0 Å². The third-order valence-corrected chi connectivity index (χ3v) is 8.11. The summed E-state index contributed by atoms with van der Waals surface area (Å²) in [6.45, 7) is 3.93. The fourth-order valence-corrected chi connectivity index (χ4v) is 6.00. The van der Waals surface area contributed by atoms with Gasteiger partial charge in [-0.1, -0.05) is 42.5 Å². The van der Waals surface area contributed by atoms with Gasteiger partial charge in [0.1, 0.15) is 0 Å². The lowest BCUT2D eigenvalue weighted by Gasteiger charge is -2.38. The summed E-state index contributed by atoms with van der Waals surface area (Å²) in [5.41, 5.74) is 4.22. The Labute approximate surface area is 185 Å². The molecule has 2 aromatic carbocycles. The topological polar surface area (TPSA) is 0 Å². The number of hydrogen-bond donors (Lipinski definition) is 0. The predicted octanol–water partition coefficient (Wildman–Crippen LogP) is 8.61. The lowest BCUT2D eigenvalue weighted by atomic mass is 9.68. The fourth-order valence-electron chi connectivity index (χ4n) is 5.65. The Morgan fingerprint density at radius 3 is 1.75 bits per heavy atom. The Bertz CT molecular complexity index is 742. The van der Waals surface area contributed by atoms with Crippen LogP contribution in [0.1, 0.15) is 69.3 Å². The van der Waals surface area contributed by atoms with Gasteiger partial charge in [-0.05, 0) is 133 Å². The van der Waals surface area contributed by atoms with Crippen molar-refractivity contribution in [2.75, 3.05) is 0 Å². The molecule has 2 aliphatic carbocycles. The quantitative estimate of drug-likeness (QED) is 0.294. The summed E-state index contributed by atoms with van der Waals surface area (Å²) in [5.74, 6) is 3.70. The van der Waals surface area contributed by atoms with E-state index in [1.807, 2.05) is 0 Å². The maximum absolute atomic E-state index is 3.93. The number of rotatable bonds is 5. The van der Waals surface area contributed by atoms with Gasteiger partial charge in [0.2, 0.25) is 0 Å². The van der Waals surface area contributed by atoms with Gasteiger partial charge in [0, 0.05) is 3.57 Å². The molecule has 2 fully saturated rings. The summed E-state index contributed by atoms with van der Waals surface area (Å²) in [6.07, 6.45) is 14.9. The molecule has 0 radical (unpaired) electrons. The fraction of sp³-hybridized carbons (Fsp3) is 0.481. The van der Waals surface area contributed by atoms with Gasteiger partial charge in [0.15, 0.2) is 0 Å². The SMILES string of the molecule is C=CCC1CCC(C2CCC(c3ccc(-c4ccc(I)cc4)cc3)CC2)CC1. The van der Waals surface area contributed by atoms with Crippen LogP contribution in [0.5, 0.6) is 0 Å². The minimum atomic E-state index is 0.777. The van der Waals surface area contributed by atoms with E-state index in [-0.39, 0.29) is 0 Å². The molecule has 0 spiro atoms. The monoisotopic (exact) mass is 484 g/mol. The second-order valence-electron chi connectivity index (χ2n) is 9.05. The maximum Gasteiger partial charge on any atom is 0.0130 e. The van der Waals surface area contributed by atoms with Crippen molar-refractivity contribution in [1.29, 1.82) is 0 Å². The molecule has 0 unspecified atom stereocenters. The van der Waals surface area contributed by atoms with E-state index < -0.39 is 0 Å². The van der Waals surface area contributed by atoms with Crippen LogP contribution in [0.15, 0.2) is 61.2 Å². The van der Waals surface area contributed by atoms with Crippen LogP contribution in [0.4, 0.5) is 0 Å². The zero-order valence-electron chi connectivity index (χ0n) is 17.0. The highest BCUT2D eigenvalue weighted by Crippen LogP contribution is 2.44. The van der Waals surface area contributed by atoms with Crippen molar-refractivity contribution < 1.29 is 0 Å². The Kier molecular flexibility index (Phi) is 6.93. The number of allylic oxidation sites excluding steroid dienone is 1. The summed E-state index contributed by atoms with van der Waals surface area (Å²) in [5, 5.41) is 0. The standard InChI is InChI=1S/C27H33I/c1-2-3-20-4-6-21(7-5-20)22-8-10-23(11-9-22)24-12-14-25(15-13-24)26-16-18-27(28)19-17-26/h2,12-23H,1,3-11H2. The molecule has 0 saturated heterocycles. The molecular formula is C27H33I. The molecule has 0 heterocycles. The maximum atomic E-state index is 3.93. The average Bonchev–Trinajstić information content (AvgIpc) is 2.75. The highest BCUT2D eigenvalue weighted by molar-refractivity contribution is 14.1. The van der Waals surface area contributed by atoms with E-state index >= 15 is 0 Å². The smallest absolute Gasteiger partial charge is 0.0130 e. The van der Waals surface area contributed by atoms with Crippen molar-refractivity contribution in [3.05, 3.63) is 70.3 Å². The molecule has 28 heavy (non-hydrogen) atoms. The summed E-state index contributed by atoms with van der Waals surface area (Å²) in [7, 11) is 0. The third kappa shape index (κ3) is 4.90. The second-order valence-corrected chi connectivity index (χ2v) is 10.3. The lowest BCUT2D eigenvalue weighted by Crippen LogP contribution is -2.25. The van der Waals surface area contributed by atoms with Gasteiger partial charge in [-0.2, -0.15) is 0 Å². The molecule has 148 valence electrons. The Balaban J connectivity index is 1.30. The van der Waals surface area contributed by atoms with Gasteiger partial charge in [-0.3, -0.25) is 0 Å². The molecule has 0 N–H and O–H groups in total. The van der Waals surface area contributed by atoms with E-state index in [2.05, 4.69) is 83.8 Å². The highest BCUT2D eigenvalue weighted by Gasteiger charge is 2.30. The van der Waals surface area contributed by atoms with Crippen LogP contribution in [0.25, 0.3) is 11.1 Å². The second kappa shape index (κ2) is 9.61. The largest absolute Gasteiger partial charge is 0.103 e. The molecule has 0 atom stereocenters. The van der Waals surface area contributed by atoms with Crippen LogP contribution in [0.3, 0.4) is 0 Å². The Morgan fingerprint density at radius 1 is 0.714 bits per heavy atom. The van der Waals surface area contributed by atoms with E-state index in [0.717, 1.165) is 23.7 Å². The summed E-state index contributed by atoms with van der Waals surface area (Å²) in [4.78, 5) is 0. The van der Waals surface area contributed by atoms with Gasteiger partial charge >= 0.3 is 0 Å². The number of benzene rings is 2. The first-order valence-corrected chi connectivity index (χ1v) is 12.3. The first kappa shape index (κ1) is 20.2. The normalized spacial score (nSPS) is 28.0. The van der Waals surface area contributed by atoms with Crippen LogP contribution in [0, 0.1) is 21.3 Å². The van der Waals surface area contributed by atoms with E-state index in [1.165, 1.54) is 72.5 Å². The first-order valence-electron chi connectivity index (χ1n) is 11.2. The van der Waals surface area contributed by atoms with Gasteiger partial charge in [0.05, 0.1) is 0 Å². The van der Waals surface area contributed by atoms with E-state index in [1.54, 1.807) is 5.56 Å². The minimum Gasteiger partial charge on any atom is -0.103 e. The van der Waals surface area contributed by atoms with E-state index in [9.17, 15) is 0 Å². The number of halogens is 1. The highest BCUT2D eigenvalue weighted by atomic mass is 127. The van der Waals surface area contributed by atoms with Crippen LogP contribution < -0.4 is 0 Å². The van der Waals surface area contributed by atoms with Gasteiger partial charge < -0.3 is 0 Å². The summed E-state index contributed by atoms with van der Waals surface area (Å²) >= 11 is 2.37. The summed E-state index contributed by atoms with van der Waals surface area (Å²) < 4.78 is 1.30. The molecule has 2 saturated carbocycles.